The van der Waals surface area contributed by atoms with Gasteiger partial charge in [-0.2, -0.15) is 0 Å². The molecule has 1 aromatic heterocycles. The van der Waals surface area contributed by atoms with E-state index < -0.39 is 0 Å². The van der Waals surface area contributed by atoms with Crippen molar-refractivity contribution < 1.29 is 9.53 Å². The molecule has 1 aromatic carbocycles. The van der Waals surface area contributed by atoms with Gasteiger partial charge in [0.25, 0.3) is 0 Å². The molecule has 0 aliphatic heterocycles. The Morgan fingerprint density at radius 3 is 2.79 bits per heavy atom. The molecule has 0 aliphatic carbocycles. The molecule has 3 heteroatoms. The maximum absolute atomic E-state index is 11.5. The maximum atomic E-state index is 11.5. The molecule has 19 heavy (non-hydrogen) atoms. The van der Waals surface area contributed by atoms with Gasteiger partial charge in [-0.1, -0.05) is 31.5 Å². The minimum atomic E-state index is -0.223. The zero-order chi connectivity index (χ0) is 13.7. The molecule has 0 saturated carbocycles. The number of aryl methyl sites for hydroxylation is 1. The van der Waals surface area contributed by atoms with E-state index in [9.17, 15) is 4.79 Å². The molecule has 3 nitrogen and oxygen atoms in total. The summed E-state index contributed by atoms with van der Waals surface area (Å²) in [4.78, 5) is 16.0. The predicted molar refractivity (Wildman–Crippen MR) is 76.1 cm³/mol. The van der Waals surface area contributed by atoms with Crippen molar-refractivity contribution in [3.05, 3.63) is 41.6 Å². The number of rotatable bonds is 5. The fraction of sp³-hybridized carbons (Fsp3) is 0.375. The van der Waals surface area contributed by atoms with Crippen molar-refractivity contribution in [1.82, 2.24) is 4.98 Å². The molecule has 0 N–H and O–H groups in total. The van der Waals surface area contributed by atoms with Crippen LogP contribution < -0.4 is 0 Å². The highest BCUT2D eigenvalue weighted by Gasteiger charge is 2.07. The molecular formula is C16H19NO2. The summed E-state index contributed by atoms with van der Waals surface area (Å²) in [5.74, 6) is -0.223. The standard InChI is InChI=1S/C16H19NO2/c1-3-6-12-7-5-8-15-14(12)10-9-13(17-15)11-16(18)19-4-2/h5,7-10H,3-4,6,11H2,1-2H3. The summed E-state index contributed by atoms with van der Waals surface area (Å²) in [5.41, 5.74) is 3.03. The second-order valence-electron chi connectivity index (χ2n) is 4.52. The van der Waals surface area contributed by atoms with Crippen molar-refractivity contribution in [3.63, 3.8) is 0 Å². The van der Waals surface area contributed by atoms with E-state index in [4.69, 9.17) is 4.74 Å². The zero-order valence-corrected chi connectivity index (χ0v) is 11.5. The molecule has 0 fully saturated rings. The second-order valence-corrected chi connectivity index (χ2v) is 4.52. The van der Waals surface area contributed by atoms with Crippen LogP contribution in [0.15, 0.2) is 30.3 Å². The number of hydrogen-bond acceptors (Lipinski definition) is 3. The van der Waals surface area contributed by atoms with Gasteiger partial charge in [-0.05, 0) is 31.0 Å². The molecule has 2 aromatic rings. The molecular weight excluding hydrogens is 238 g/mol. The first-order chi connectivity index (χ1) is 9.24. The average molecular weight is 257 g/mol. The van der Waals surface area contributed by atoms with Crippen LogP contribution in [0.1, 0.15) is 31.5 Å². The number of fused-ring (bicyclic) bond motifs is 1. The number of pyridine rings is 1. The number of ether oxygens (including phenoxy) is 1. The SMILES string of the molecule is CCCc1cccc2nc(CC(=O)OCC)ccc12. The van der Waals surface area contributed by atoms with Crippen molar-refractivity contribution >= 4 is 16.9 Å². The van der Waals surface area contributed by atoms with Crippen molar-refractivity contribution in [1.29, 1.82) is 0 Å². The Morgan fingerprint density at radius 1 is 1.21 bits per heavy atom. The van der Waals surface area contributed by atoms with E-state index in [0.29, 0.717) is 6.61 Å². The van der Waals surface area contributed by atoms with Gasteiger partial charge in [0.15, 0.2) is 0 Å². The average Bonchev–Trinajstić information content (AvgIpc) is 2.39. The molecule has 0 unspecified atom stereocenters. The van der Waals surface area contributed by atoms with E-state index in [1.54, 1.807) is 0 Å². The lowest BCUT2D eigenvalue weighted by molar-refractivity contribution is -0.142. The van der Waals surface area contributed by atoms with Gasteiger partial charge in [-0.15, -0.1) is 0 Å². The van der Waals surface area contributed by atoms with Gasteiger partial charge in [0.1, 0.15) is 0 Å². The minimum Gasteiger partial charge on any atom is -0.466 e. The number of esters is 1. The smallest absolute Gasteiger partial charge is 0.311 e. The molecule has 1 heterocycles. The van der Waals surface area contributed by atoms with E-state index in [1.165, 1.54) is 10.9 Å². The summed E-state index contributed by atoms with van der Waals surface area (Å²) in [6.45, 7) is 4.39. The molecule has 0 spiro atoms. The molecule has 0 radical (unpaired) electrons. The largest absolute Gasteiger partial charge is 0.466 e. The van der Waals surface area contributed by atoms with E-state index in [-0.39, 0.29) is 12.4 Å². The summed E-state index contributed by atoms with van der Waals surface area (Å²) in [5, 5.41) is 1.18. The van der Waals surface area contributed by atoms with Crippen LogP contribution in [-0.2, 0) is 22.4 Å². The number of nitrogens with zero attached hydrogens (tertiary/aromatic N) is 1. The Labute approximate surface area is 113 Å². The summed E-state index contributed by atoms with van der Waals surface area (Å²) in [7, 11) is 0. The monoisotopic (exact) mass is 257 g/mol. The van der Waals surface area contributed by atoms with Gasteiger partial charge in [-0.3, -0.25) is 9.78 Å². The first kappa shape index (κ1) is 13.5. The predicted octanol–water partition coefficient (Wildman–Crippen LogP) is 3.29. The van der Waals surface area contributed by atoms with Crippen LogP contribution in [0, 0.1) is 0 Å². The minimum absolute atomic E-state index is 0.223. The van der Waals surface area contributed by atoms with Crippen LogP contribution in [0.2, 0.25) is 0 Å². The summed E-state index contributed by atoms with van der Waals surface area (Å²) < 4.78 is 4.94. The van der Waals surface area contributed by atoms with Crippen LogP contribution in [0.4, 0.5) is 0 Å². The lowest BCUT2D eigenvalue weighted by atomic mass is 10.0. The Morgan fingerprint density at radius 2 is 2.05 bits per heavy atom. The number of aromatic nitrogens is 1. The first-order valence-electron chi connectivity index (χ1n) is 6.77. The Balaban J connectivity index is 2.28. The lowest BCUT2D eigenvalue weighted by Gasteiger charge is -2.07. The number of hydrogen-bond donors (Lipinski definition) is 0. The number of carbonyl (C=O) groups excluding carboxylic acids is 1. The third kappa shape index (κ3) is 3.31. The van der Waals surface area contributed by atoms with Crippen LogP contribution >= 0.6 is 0 Å². The third-order valence-corrected chi connectivity index (χ3v) is 3.03. The van der Waals surface area contributed by atoms with Crippen LogP contribution in [-0.4, -0.2) is 17.6 Å². The van der Waals surface area contributed by atoms with E-state index in [1.807, 2.05) is 25.1 Å². The van der Waals surface area contributed by atoms with Crippen LogP contribution in [0.5, 0.6) is 0 Å². The Bertz CT molecular complexity index is 578. The molecule has 0 bridgehead atoms. The van der Waals surface area contributed by atoms with Crippen molar-refractivity contribution in [2.75, 3.05) is 6.61 Å². The fourth-order valence-corrected chi connectivity index (χ4v) is 2.21. The number of benzene rings is 1. The van der Waals surface area contributed by atoms with Crippen LogP contribution in [0.25, 0.3) is 10.9 Å². The summed E-state index contributed by atoms with van der Waals surface area (Å²) in [6, 6.07) is 10.1. The molecule has 0 amide bonds. The van der Waals surface area contributed by atoms with Gasteiger partial charge < -0.3 is 4.74 Å². The van der Waals surface area contributed by atoms with Gasteiger partial charge in [-0.25, -0.2) is 0 Å². The van der Waals surface area contributed by atoms with Gasteiger partial charge in [0, 0.05) is 5.39 Å². The first-order valence-corrected chi connectivity index (χ1v) is 6.77. The van der Waals surface area contributed by atoms with Crippen molar-refractivity contribution in [2.24, 2.45) is 0 Å². The Kier molecular flexibility index (Phi) is 4.50. The van der Waals surface area contributed by atoms with Gasteiger partial charge >= 0.3 is 5.97 Å². The van der Waals surface area contributed by atoms with E-state index in [0.717, 1.165) is 24.1 Å². The highest BCUT2D eigenvalue weighted by atomic mass is 16.5. The van der Waals surface area contributed by atoms with Crippen LogP contribution in [0.3, 0.4) is 0 Å². The normalized spacial score (nSPS) is 10.6. The summed E-state index contributed by atoms with van der Waals surface area (Å²) >= 11 is 0. The van der Waals surface area contributed by atoms with E-state index in [2.05, 4.69) is 24.0 Å². The molecule has 100 valence electrons. The van der Waals surface area contributed by atoms with Crippen molar-refractivity contribution in [3.8, 4) is 0 Å². The third-order valence-electron chi connectivity index (χ3n) is 3.03. The highest BCUT2D eigenvalue weighted by molar-refractivity contribution is 5.83. The Hall–Kier alpha value is -1.90. The second kappa shape index (κ2) is 6.32. The maximum Gasteiger partial charge on any atom is 0.311 e. The lowest BCUT2D eigenvalue weighted by Crippen LogP contribution is -2.08. The molecule has 0 saturated heterocycles. The van der Waals surface area contributed by atoms with Gasteiger partial charge in [0.05, 0.1) is 24.2 Å². The zero-order valence-electron chi connectivity index (χ0n) is 11.5. The molecule has 0 aliphatic rings. The fourth-order valence-electron chi connectivity index (χ4n) is 2.21. The quantitative estimate of drug-likeness (QED) is 0.771. The molecule has 0 atom stereocenters. The van der Waals surface area contributed by atoms with Crippen molar-refractivity contribution in [2.45, 2.75) is 33.1 Å². The topological polar surface area (TPSA) is 39.2 Å². The molecule has 2 rings (SSSR count). The number of carbonyl (C=O) groups is 1. The van der Waals surface area contributed by atoms with E-state index >= 15 is 0 Å². The van der Waals surface area contributed by atoms with Gasteiger partial charge in [0.2, 0.25) is 0 Å². The highest BCUT2D eigenvalue weighted by Crippen LogP contribution is 2.19. The summed E-state index contributed by atoms with van der Waals surface area (Å²) in [6.07, 6.45) is 2.40.